The van der Waals surface area contributed by atoms with Gasteiger partial charge in [0.2, 0.25) is 0 Å². The van der Waals surface area contributed by atoms with Crippen molar-refractivity contribution < 1.29 is 8.83 Å². The molecule has 0 saturated carbocycles. The Kier molecular flexibility index (Phi) is 7.42. The average Bonchev–Trinajstić information content (AvgIpc) is 3.85. The number of hydrogen-bond acceptors (Lipinski definition) is 5. The second-order valence-electron chi connectivity index (χ2n) is 14.0. The summed E-state index contributed by atoms with van der Waals surface area (Å²) in [5.74, 6) is 1.85. The third kappa shape index (κ3) is 5.45. The van der Waals surface area contributed by atoms with Gasteiger partial charge in [-0.15, -0.1) is 0 Å². The van der Waals surface area contributed by atoms with Crippen LogP contribution in [0.25, 0.3) is 111 Å². The Morgan fingerprint density at radius 3 is 1.55 bits per heavy atom. The molecular weight excluding hydrogens is 687 g/mol. The summed E-state index contributed by atoms with van der Waals surface area (Å²) in [6, 6.07) is 64.5. The lowest BCUT2D eigenvalue weighted by molar-refractivity contribution is 0.668. The molecule has 0 aliphatic carbocycles. The molecule has 11 rings (SSSR count). The molecule has 0 N–H and O–H groups in total. The van der Waals surface area contributed by atoms with E-state index >= 15 is 0 Å². The molecule has 3 aromatic heterocycles. The molecule has 0 spiro atoms. The third-order valence-electron chi connectivity index (χ3n) is 10.6. The van der Waals surface area contributed by atoms with Crippen LogP contribution < -0.4 is 0 Å². The minimum absolute atomic E-state index is 0.607. The first-order valence-corrected chi connectivity index (χ1v) is 18.7. The molecule has 3 heterocycles. The van der Waals surface area contributed by atoms with Crippen molar-refractivity contribution in [2.24, 2.45) is 0 Å². The van der Waals surface area contributed by atoms with Crippen LogP contribution in [-0.2, 0) is 0 Å². The highest BCUT2D eigenvalue weighted by Gasteiger charge is 2.19. The largest absolute Gasteiger partial charge is 0.456 e. The normalized spacial score (nSPS) is 11.6. The summed E-state index contributed by atoms with van der Waals surface area (Å²) in [7, 11) is 0. The van der Waals surface area contributed by atoms with Crippen molar-refractivity contribution in [2.45, 2.75) is 0 Å². The lowest BCUT2D eigenvalue weighted by Gasteiger charge is -2.11. The number of para-hydroxylation sites is 2. The summed E-state index contributed by atoms with van der Waals surface area (Å²) in [6.07, 6.45) is 0. The van der Waals surface area contributed by atoms with Crippen LogP contribution in [0.5, 0.6) is 0 Å². The first kappa shape index (κ1) is 31.9. The summed E-state index contributed by atoms with van der Waals surface area (Å²) < 4.78 is 13.0. The summed E-state index contributed by atoms with van der Waals surface area (Å²) in [5, 5.41) is 4.37. The van der Waals surface area contributed by atoms with E-state index in [0.717, 1.165) is 93.9 Å². The van der Waals surface area contributed by atoms with Gasteiger partial charge < -0.3 is 8.83 Å². The van der Waals surface area contributed by atoms with Gasteiger partial charge in [-0.3, -0.25) is 0 Å². The van der Waals surface area contributed by atoms with Gasteiger partial charge in [-0.05, 0) is 64.2 Å². The van der Waals surface area contributed by atoms with E-state index in [0.29, 0.717) is 17.5 Å². The SMILES string of the molecule is c1ccc(-c2cccc(-c3nc(-c4ccccc4)nc(-c4ccc(-c5ccc(-c6ccc7c(c6)oc6ccccc67)c6c5oc5ccccc56)cc4)n3)c2)cc1. The molecule has 0 fully saturated rings. The van der Waals surface area contributed by atoms with Crippen molar-refractivity contribution in [3.8, 4) is 67.5 Å². The van der Waals surface area contributed by atoms with Gasteiger partial charge in [-0.2, -0.15) is 0 Å². The van der Waals surface area contributed by atoms with E-state index in [9.17, 15) is 0 Å². The first-order valence-electron chi connectivity index (χ1n) is 18.7. The topological polar surface area (TPSA) is 65.0 Å². The van der Waals surface area contributed by atoms with Crippen LogP contribution in [0.4, 0.5) is 0 Å². The third-order valence-corrected chi connectivity index (χ3v) is 10.6. The highest BCUT2D eigenvalue weighted by Crippen LogP contribution is 2.43. The van der Waals surface area contributed by atoms with Crippen molar-refractivity contribution in [2.75, 3.05) is 0 Å². The van der Waals surface area contributed by atoms with E-state index in [1.54, 1.807) is 0 Å². The Hall–Kier alpha value is -7.63. The average molecular weight is 718 g/mol. The van der Waals surface area contributed by atoms with Crippen LogP contribution in [0.2, 0.25) is 0 Å². The molecular formula is C51H31N3O2. The fraction of sp³-hybridized carbons (Fsp3) is 0. The Labute approximate surface area is 322 Å². The molecule has 0 radical (unpaired) electrons. The monoisotopic (exact) mass is 717 g/mol. The minimum Gasteiger partial charge on any atom is -0.456 e. The molecule has 0 unspecified atom stereocenters. The van der Waals surface area contributed by atoms with Crippen LogP contribution in [0.1, 0.15) is 0 Å². The van der Waals surface area contributed by atoms with Crippen LogP contribution in [0, 0.1) is 0 Å². The van der Waals surface area contributed by atoms with Gasteiger partial charge in [0.1, 0.15) is 22.3 Å². The highest BCUT2D eigenvalue weighted by molar-refractivity contribution is 6.17. The molecule has 0 bridgehead atoms. The maximum atomic E-state index is 6.67. The number of benzene rings is 8. The molecule has 0 saturated heterocycles. The van der Waals surface area contributed by atoms with E-state index in [4.69, 9.17) is 23.8 Å². The van der Waals surface area contributed by atoms with E-state index in [-0.39, 0.29) is 0 Å². The molecule has 262 valence electrons. The van der Waals surface area contributed by atoms with Gasteiger partial charge in [0.25, 0.3) is 0 Å². The Bertz CT molecular complexity index is 3240. The van der Waals surface area contributed by atoms with Crippen LogP contribution in [-0.4, -0.2) is 15.0 Å². The summed E-state index contributed by atoms with van der Waals surface area (Å²) >= 11 is 0. The molecule has 11 aromatic rings. The number of aromatic nitrogens is 3. The van der Waals surface area contributed by atoms with Crippen LogP contribution in [0.15, 0.2) is 197 Å². The predicted octanol–water partition coefficient (Wildman–Crippen LogP) is 13.7. The molecule has 0 atom stereocenters. The molecule has 0 aliphatic heterocycles. The van der Waals surface area contributed by atoms with Gasteiger partial charge in [0.05, 0.1) is 0 Å². The molecule has 0 amide bonds. The van der Waals surface area contributed by atoms with Crippen molar-refractivity contribution >= 4 is 43.9 Å². The van der Waals surface area contributed by atoms with Gasteiger partial charge in [0, 0.05) is 43.8 Å². The molecule has 8 aromatic carbocycles. The van der Waals surface area contributed by atoms with Crippen molar-refractivity contribution in [3.05, 3.63) is 188 Å². The zero-order valence-corrected chi connectivity index (χ0v) is 30.1. The molecule has 56 heavy (non-hydrogen) atoms. The highest BCUT2D eigenvalue weighted by atomic mass is 16.3. The van der Waals surface area contributed by atoms with E-state index in [1.807, 2.05) is 66.7 Å². The fourth-order valence-electron chi connectivity index (χ4n) is 7.81. The van der Waals surface area contributed by atoms with Crippen molar-refractivity contribution in [1.82, 2.24) is 15.0 Å². The zero-order chi connectivity index (χ0) is 37.0. The summed E-state index contributed by atoms with van der Waals surface area (Å²) in [4.78, 5) is 15.0. The lowest BCUT2D eigenvalue weighted by Crippen LogP contribution is -2.00. The Morgan fingerprint density at radius 1 is 0.286 bits per heavy atom. The van der Waals surface area contributed by atoms with Gasteiger partial charge in [0.15, 0.2) is 17.5 Å². The molecule has 0 aliphatic rings. The van der Waals surface area contributed by atoms with Gasteiger partial charge in [-0.25, -0.2) is 15.0 Å². The number of furan rings is 2. The smallest absolute Gasteiger partial charge is 0.164 e. The van der Waals surface area contributed by atoms with Crippen LogP contribution >= 0.6 is 0 Å². The zero-order valence-electron chi connectivity index (χ0n) is 30.1. The number of hydrogen-bond donors (Lipinski definition) is 0. The van der Waals surface area contributed by atoms with Gasteiger partial charge >= 0.3 is 0 Å². The second-order valence-corrected chi connectivity index (χ2v) is 14.0. The second kappa shape index (κ2) is 13.0. The maximum Gasteiger partial charge on any atom is 0.164 e. The van der Waals surface area contributed by atoms with Gasteiger partial charge in [-0.1, -0.05) is 152 Å². The lowest BCUT2D eigenvalue weighted by atomic mass is 9.94. The first-order chi connectivity index (χ1) is 27.7. The Balaban J connectivity index is 1.01. The molecule has 5 nitrogen and oxygen atoms in total. The van der Waals surface area contributed by atoms with Crippen LogP contribution in [0.3, 0.4) is 0 Å². The number of nitrogens with zero attached hydrogens (tertiary/aromatic N) is 3. The predicted molar refractivity (Wildman–Crippen MR) is 227 cm³/mol. The van der Waals surface area contributed by atoms with Crippen molar-refractivity contribution in [3.63, 3.8) is 0 Å². The van der Waals surface area contributed by atoms with Crippen molar-refractivity contribution in [1.29, 1.82) is 0 Å². The van der Waals surface area contributed by atoms with E-state index in [1.165, 1.54) is 0 Å². The van der Waals surface area contributed by atoms with E-state index < -0.39 is 0 Å². The number of fused-ring (bicyclic) bond motifs is 6. The number of rotatable bonds is 6. The fourth-order valence-corrected chi connectivity index (χ4v) is 7.81. The standard InChI is InChI=1S/C51H31N3O2/c1-3-12-32(13-4-1)36-16-11-17-38(30-36)51-53-49(34-14-5-2-6-15-34)52-50(54-51)35-24-22-33(23-25-35)40-29-28-39(47-43-19-8-10-21-45(43)56-48(40)47)37-26-27-42-41-18-7-9-20-44(41)55-46(42)31-37/h1-31H. The summed E-state index contributed by atoms with van der Waals surface area (Å²) in [5.41, 5.74) is 12.6. The minimum atomic E-state index is 0.607. The Morgan fingerprint density at radius 2 is 0.804 bits per heavy atom. The van der Waals surface area contributed by atoms with E-state index in [2.05, 4.69) is 121 Å². The summed E-state index contributed by atoms with van der Waals surface area (Å²) in [6.45, 7) is 0. The molecule has 5 heteroatoms. The quantitative estimate of drug-likeness (QED) is 0.171. The maximum absolute atomic E-state index is 6.67.